The molecule has 1 N–H and O–H groups in total. The van der Waals surface area contributed by atoms with E-state index >= 15 is 0 Å². The highest BCUT2D eigenvalue weighted by molar-refractivity contribution is 9.10. The maximum absolute atomic E-state index is 9.57. The zero-order valence-corrected chi connectivity index (χ0v) is 12.3. The van der Waals surface area contributed by atoms with Crippen LogP contribution in [0.3, 0.4) is 0 Å². The van der Waals surface area contributed by atoms with Gasteiger partial charge in [0.05, 0.1) is 19.8 Å². The predicted molar refractivity (Wildman–Crippen MR) is 73.8 cm³/mol. The number of hydrogen-bond donors (Lipinski definition) is 1. The van der Waals surface area contributed by atoms with Crippen LogP contribution < -0.4 is 4.74 Å². The molecule has 0 radical (unpaired) electrons. The van der Waals surface area contributed by atoms with Crippen LogP contribution in [0, 0.1) is 0 Å². The van der Waals surface area contributed by atoms with Crippen molar-refractivity contribution in [2.24, 2.45) is 0 Å². The molecule has 2 rings (SSSR count). The average molecular weight is 327 g/mol. The van der Waals surface area contributed by atoms with Gasteiger partial charge in [-0.05, 0) is 29.8 Å². The fourth-order valence-corrected chi connectivity index (χ4v) is 1.97. The molecule has 0 aliphatic heterocycles. The van der Waals surface area contributed by atoms with Crippen LogP contribution in [0.4, 0.5) is 0 Å². The predicted octanol–water partition coefficient (Wildman–Crippen LogP) is 1.88. The number of rotatable bonds is 5. The molecule has 0 aliphatic carbocycles. The van der Waals surface area contributed by atoms with E-state index in [0.717, 1.165) is 15.8 Å². The Morgan fingerprint density at radius 1 is 1.47 bits per heavy atom. The summed E-state index contributed by atoms with van der Waals surface area (Å²) in [6.45, 7) is 2.24. The number of aliphatic hydroxyl groups is 1. The lowest BCUT2D eigenvalue weighted by molar-refractivity contribution is 0.138. The third-order valence-corrected chi connectivity index (χ3v) is 3.40. The first kappa shape index (κ1) is 14.0. The summed E-state index contributed by atoms with van der Waals surface area (Å²) in [5.41, 5.74) is 0.802. The number of nitrogens with zero attached hydrogens (tertiary/aromatic N) is 4. The van der Waals surface area contributed by atoms with Crippen molar-refractivity contribution < 1.29 is 9.84 Å². The van der Waals surface area contributed by atoms with E-state index < -0.39 is 6.10 Å². The molecule has 7 heteroatoms. The van der Waals surface area contributed by atoms with Crippen molar-refractivity contribution in [1.29, 1.82) is 0 Å². The number of aromatic nitrogens is 4. The smallest absolute Gasteiger partial charge is 0.206 e. The Bertz CT molecular complexity index is 558. The zero-order valence-electron chi connectivity index (χ0n) is 10.7. The lowest BCUT2D eigenvalue weighted by Crippen LogP contribution is -2.16. The number of ether oxygens (including phenoxy) is 1. The fraction of sp³-hybridized carbons (Fsp3) is 0.417. The van der Waals surface area contributed by atoms with Gasteiger partial charge in [0.1, 0.15) is 5.75 Å². The molecule has 0 amide bonds. The van der Waals surface area contributed by atoms with Crippen LogP contribution in [0.5, 0.6) is 5.75 Å². The van der Waals surface area contributed by atoms with Gasteiger partial charge in [0.2, 0.25) is 5.82 Å². The monoisotopic (exact) mass is 326 g/mol. The maximum atomic E-state index is 9.57. The Morgan fingerprint density at radius 3 is 2.95 bits per heavy atom. The minimum absolute atomic E-state index is 0.338. The molecule has 0 bridgehead atoms. The second-order valence-corrected chi connectivity index (χ2v) is 4.93. The molecular weight excluding hydrogens is 312 g/mol. The van der Waals surface area contributed by atoms with Gasteiger partial charge in [0.25, 0.3) is 0 Å². The first-order valence-electron chi connectivity index (χ1n) is 5.93. The summed E-state index contributed by atoms with van der Waals surface area (Å²) in [6.07, 6.45) is 0.190. The molecule has 0 aliphatic rings. The first-order valence-corrected chi connectivity index (χ1v) is 6.73. The lowest BCUT2D eigenvalue weighted by atomic mass is 10.2. The molecule has 102 valence electrons. The number of halogens is 1. The van der Waals surface area contributed by atoms with Gasteiger partial charge >= 0.3 is 0 Å². The largest absolute Gasteiger partial charge is 0.497 e. The molecule has 1 aromatic carbocycles. The third-order valence-electron chi connectivity index (χ3n) is 2.71. The van der Waals surface area contributed by atoms with Crippen molar-refractivity contribution in [2.45, 2.75) is 26.0 Å². The quantitative estimate of drug-likeness (QED) is 0.908. The minimum atomic E-state index is -0.462. The van der Waals surface area contributed by atoms with Crippen molar-refractivity contribution in [3.05, 3.63) is 22.7 Å². The van der Waals surface area contributed by atoms with E-state index in [1.54, 1.807) is 7.11 Å². The molecule has 1 heterocycles. The summed E-state index contributed by atoms with van der Waals surface area (Å²) >= 11 is 3.45. The van der Waals surface area contributed by atoms with Gasteiger partial charge in [-0.1, -0.05) is 22.9 Å². The van der Waals surface area contributed by atoms with Crippen LogP contribution in [0.2, 0.25) is 0 Å². The summed E-state index contributed by atoms with van der Waals surface area (Å²) in [4.78, 5) is 1.40. The van der Waals surface area contributed by atoms with Crippen LogP contribution >= 0.6 is 15.9 Å². The molecule has 1 aromatic heterocycles. The molecule has 0 saturated carbocycles. The summed E-state index contributed by atoms with van der Waals surface area (Å²) in [5, 5.41) is 21.7. The Labute approximate surface area is 119 Å². The van der Waals surface area contributed by atoms with E-state index in [1.807, 2.05) is 25.1 Å². The van der Waals surface area contributed by atoms with E-state index in [-0.39, 0.29) is 0 Å². The Kier molecular flexibility index (Phi) is 4.49. The van der Waals surface area contributed by atoms with Gasteiger partial charge in [-0.15, -0.1) is 10.2 Å². The van der Waals surface area contributed by atoms with Gasteiger partial charge < -0.3 is 9.84 Å². The fourth-order valence-electron chi connectivity index (χ4n) is 1.55. The number of aliphatic hydroxyl groups excluding tert-OH is 1. The standard InChI is InChI=1S/C12H15BrN4O2/c1-3-8(18)7-17-15-12(14-16-17)10-6-9(19-2)4-5-11(10)13/h4-6,8,18H,3,7H2,1-2H3/t8-/m0/s1. The summed E-state index contributed by atoms with van der Waals surface area (Å²) in [6, 6.07) is 5.55. The maximum Gasteiger partial charge on any atom is 0.206 e. The van der Waals surface area contributed by atoms with Gasteiger partial charge in [-0.25, -0.2) is 0 Å². The van der Waals surface area contributed by atoms with Crippen LogP contribution in [-0.2, 0) is 6.54 Å². The topological polar surface area (TPSA) is 73.1 Å². The van der Waals surface area contributed by atoms with Crippen LogP contribution in [0.25, 0.3) is 11.4 Å². The number of hydrogen-bond acceptors (Lipinski definition) is 5. The Hall–Kier alpha value is -1.47. The number of tetrazole rings is 1. The minimum Gasteiger partial charge on any atom is -0.497 e. The lowest BCUT2D eigenvalue weighted by Gasteiger charge is -2.05. The second-order valence-electron chi connectivity index (χ2n) is 4.08. The number of benzene rings is 1. The van der Waals surface area contributed by atoms with Gasteiger partial charge in [-0.2, -0.15) is 4.80 Å². The van der Waals surface area contributed by atoms with Gasteiger partial charge in [-0.3, -0.25) is 0 Å². The highest BCUT2D eigenvalue weighted by atomic mass is 79.9. The van der Waals surface area contributed by atoms with Crippen LogP contribution in [-0.4, -0.2) is 38.5 Å². The van der Waals surface area contributed by atoms with E-state index in [0.29, 0.717) is 18.8 Å². The summed E-state index contributed by atoms with van der Waals surface area (Å²) < 4.78 is 6.04. The summed E-state index contributed by atoms with van der Waals surface area (Å²) in [7, 11) is 1.61. The van der Waals surface area contributed by atoms with Crippen LogP contribution in [0.15, 0.2) is 22.7 Å². The molecule has 0 fully saturated rings. The molecule has 19 heavy (non-hydrogen) atoms. The number of methoxy groups -OCH3 is 1. The van der Waals surface area contributed by atoms with Gasteiger partial charge in [0, 0.05) is 10.0 Å². The second kappa shape index (κ2) is 6.12. The highest BCUT2D eigenvalue weighted by Crippen LogP contribution is 2.29. The SMILES string of the molecule is CC[C@H](O)Cn1nnc(-c2cc(OC)ccc2Br)n1. The first-order chi connectivity index (χ1) is 9.13. The Balaban J connectivity index is 2.27. The molecule has 0 saturated heterocycles. The van der Waals surface area contributed by atoms with Crippen molar-refractivity contribution in [2.75, 3.05) is 7.11 Å². The molecule has 1 atom stereocenters. The van der Waals surface area contributed by atoms with Crippen molar-refractivity contribution in [3.8, 4) is 17.1 Å². The zero-order chi connectivity index (χ0) is 13.8. The molecule has 2 aromatic rings. The average Bonchev–Trinajstić information content (AvgIpc) is 2.87. The van der Waals surface area contributed by atoms with E-state index in [1.165, 1.54) is 4.80 Å². The molecular formula is C12H15BrN4O2. The van der Waals surface area contributed by atoms with E-state index in [2.05, 4.69) is 31.3 Å². The van der Waals surface area contributed by atoms with Crippen LogP contribution in [0.1, 0.15) is 13.3 Å². The third kappa shape index (κ3) is 3.30. The van der Waals surface area contributed by atoms with Crippen molar-refractivity contribution in [1.82, 2.24) is 20.2 Å². The molecule has 0 unspecified atom stereocenters. The van der Waals surface area contributed by atoms with Gasteiger partial charge in [0.15, 0.2) is 0 Å². The van der Waals surface area contributed by atoms with Crippen molar-refractivity contribution in [3.63, 3.8) is 0 Å². The van der Waals surface area contributed by atoms with Crippen molar-refractivity contribution >= 4 is 15.9 Å². The highest BCUT2D eigenvalue weighted by Gasteiger charge is 2.12. The molecule has 0 spiro atoms. The Morgan fingerprint density at radius 2 is 2.26 bits per heavy atom. The van der Waals surface area contributed by atoms with E-state index in [4.69, 9.17) is 4.74 Å². The molecule has 6 nitrogen and oxygen atoms in total. The summed E-state index contributed by atoms with van der Waals surface area (Å²) in [5.74, 6) is 1.22. The normalized spacial score (nSPS) is 12.4. The van der Waals surface area contributed by atoms with E-state index in [9.17, 15) is 5.11 Å².